The van der Waals surface area contributed by atoms with Crippen LogP contribution < -0.4 is 14.8 Å². The molecule has 2 atom stereocenters. The highest BCUT2D eigenvalue weighted by Crippen LogP contribution is 2.30. The number of methoxy groups -OCH3 is 1. The zero-order valence-corrected chi connectivity index (χ0v) is 15.3. The molecular weight excluding hydrogens is 304 g/mol. The molecule has 0 saturated carbocycles. The maximum atomic E-state index is 11.4. The Balaban J connectivity index is 2.03. The summed E-state index contributed by atoms with van der Waals surface area (Å²) in [6.45, 7) is 9.17. The molecule has 0 radical (unpaired) electrons. The highest BCUT2D eigenvalue weighted by atomic mass is 16.5. The van der Waals surface area contributed by atoms with Gasteiger partial charge in [0.1, 0.15) is 0 Å². The summed E-state index contributed by atoms with van der Waals surface area (Å²) in [5.74, 6) is 2.15. The average Bonchev–Trinajstić information content (AvgIpc) is 2.90. The zero-order chi connectivity index (χ0) is 17.5. The zero-order valence-electron chi connectivity index (χ0n) is 15.3. The standard InChI is InChI=1S/C19H30N2O3/c1-5-7-16-12-21(13-17(16)20-14(3)22)11-15-8-9-18(24-6-2)19(10-15)23-4/h8-10,16-17H,5-7,11-13H2,1-4H3,(H,20,22)/t16-,17-/m1/s1. The van der Waals surface area contributed by atoms with Gasteiger partial charge in [-0.05, 0) is 37.0 Å². The van der Waals surface area contributed by atoms with Crippen LogP contribution in [0.2, 0.25) is 0 Å². The van der Waals surface area contributed by atoms with Crippen molar-refractivity contribution in [3.05, 3.63) is 23.8 Å². The third-order valence-electron chi connectivity index (χ3n) is 4.50. The van der Waals surface area contributed by atoms with Crippen molar-refractivity contribution in [2.45, 2.75) is 46.2 Å². The Morgan fingerprint density at radius 1 is 1.29 bits per heavy atom. The fourth-order valence-corrected chi connectivity index (χ4v) is 3.52. The van der Waals surface area contributed by atoms with Gasteiger partial charge in [0.05, 0.1) is 13.7 Å². The van der Waals surface area contributed by atoms with Crippen molar-refractivity contribution < 1.29 is 14.3 Å². The van der Waals surface area contributed by atoms with Crippen LogP contribution in [-0.2, 0) is 11.3 Å². The molecule has 1 aliphatic heterocycles. The van der Waals surface area contributed by atoms with Gasteiger partial charge in [0, 0.05) is 32.6 Å². The SMILES string of the molecule is CCC[C@@H]1CN(Cc2ccc(OCC)c(OC)c2)C[C@H]1NC(C)=O. The molecule has 0 bridgehead atoms. The minimum absolute atomic E-state index is 0.0608. The number of ether oxygens (including phenoxy) is 2. The molecule has 134 valence electrons. The van der Waals surface area contributed by atoms with E-state index in [0.717, 1.165) is 44.0 Å². The van der Waals surface area contributed by atoms with Crippen LogP contribution in [0, 0.1) is 5.92 Å². The first kappa shape index (κ1) is 18.6. The van der Waals surface area contributed by atoms with Crippen molar-refractivity contribution in [1.82, 2.24) is 10.2 Å². The second-order valence-electron chi connectivity index (χ2n) is 6.47. The van der Waals surface area contributed by atoms with E-state index in [1.54, 1.807) is 14.0 Å². The minimum atomic E-state index is 0.0608. The highest BCUT2D eigenvalue weighted by Gasteiger charge is 2.32. The lowest BCUT2D eigenvalue weighted by molar-refractivity contribution is -0.119. The first-order valence-electron chi connectivity index (χ1n) is 8.86. The summed E-state index contributed by atoms with van der Waals surface area (Å²) in [7, 11) is 1.67. The van der Waals surface area contributed by atoms with E-state index in [1.165, 1.54) is 5.56 Å². The number of nitrogens with one attached hydrogen (secondary N) is 1. The van der Waals surface area contributed by atoms with Crippen molar-refractivity contribution in [1.29, 1.82) is 0 Å². The van der Waals surface area contributed by atoms with Crippen LogP contribution in [0.25, 0.3) is 0 Å². The summed E-state index contributed by atoms with van der Waals surface area (Å²) in [5, 5.41) is 3.12. The van der Waals surface area contributed by atoms with Crippen molar-refractivity contribution in [2.24, 2.45) is 5.92 Å². The number of benzene rings is 1. The summed E-state index contributed by atoms with van der Waals surface area (Å²) in [6, 6.07) is 6.37. The molecule has 24 heavy (non-hydrogen) atoms. The van der Waals surface area contributed by atoms with Crippen LogP contribution in [0.15, 0.2) is 18.2 Å². The van der Waals surface area contributed by atoms with Gasteiger partial charge in [-0.1, -0.05) is 19.4 Å². The van der Waals surface area contributed by atoms with E-state index in [2.05, 4.69) is 23.2 Å². The average molecular weight is 334 g/mol. The first-order chi connectivity index (χ1) is 11.6. The van der Waals surface area contributed by atoms with E-state index in [4.69, 9.17) is 9.47 Å². The molecule has 1 saturated heterocycles. The maximum absolute atomic E-state index is 11.4. The quantitative estimate of drug-likeness (QED) is 0.794. The molecule has 5 heteroatoms. The van der Waals surface area contributed by atoms with Crippen LogP contribution in [0.1, 0.15) is 39.2 Å². The third-order valence-corrected chi connectivity index (χ3v) is 4.50. The van der Waals surface area contributed by atoms with Crippen LogP contribution in [0.3, 0.4) is 0 Å². The van der Waals surface area contributed by atoms with Gasteiger partial charge in [-0.25, -0.2) is 0 Å². The van der Waals surface area contributed by atoms with Crippen molar-refractivity contribution in [3.8, 4) is 11.5 Å². The number of amides is 1. The Bertz CT molecular complexity index is 547. The van der Waals surface area contributed by atoms with E-state index >= 15 is 0 Å². The molecule has 0 unspecified atom stereocenters. The Labute approximate surface area is 145 Å². The Kier molecular flexibility index (Phi) is 6.91. The van der Waals surface area contributed by atoms with Crippen molar-refractivity contribution in [3.63, 3.8) is 0 Å². The lowest BCUT2D eigenvalue weighted by Crippen LogP contribution is -2.39. The Hall–Kier alpha value is -1.75. The first-order valence-corrected chi connectivity index (χ1v) is 8.86. The molecule has 1 fully saturated rings. The Morgan fingerprint density at radius 2 is 2.08 bits per heavy atom. The molecule has 1 heterocycles. The molecule has 2 rings (SSSR count). The smallest absolute Gasteiger partial charge is 0.217 e. The van der Waals surface area contributed by atoms with Gasteiger partial charge in [0.15, 0.2) is 11.5 Å². The number of nitrogens with zero attached hydrogens (tertiary/aromatic N) is 1. The molecule has 0 aliphatic carbocycles. The molecule has 1 amide bonds. The summed E-state index contributed by atoms with van der Waals surface area (Å²) in [6.07, 6.45) is 2.29. The predicted molar refractivity (Wildman–Crippen MR) is 95.4 cm³/mol. The van der Waals surface area contributed by atoms with Crippen LogP contribution in [0.4, 0.5) is 0 Å². The summed E-state index contributed by atoms with van der Waals surface area (Å²) >= 11 is 0. The molecular formula is C19H30N2O3. The molecule has 0 aromatic heterocycles. The lowest BCUT2D eigenvalue weighted by Gasteiger charge is -2.18. The largest absolute Gasteiger partial charge is 0.493 e. The number of carbonyl (C=O) groups excluding carboxylic acids is 1. The number of hydrogen-bond acceptors (Lipinski definition) is 4. The maximum Gasteiger partial charge on any atom is 0.217 e. The van der Waals surface area contributed by atoms with Crippen molar-refractivity contribution in [2.75, 3.05) is 26.8 Å². The van der Waals surface area contributed by atoms with Gasteiger partial charge in [0.2, 0.25) is 5.91 Å². The number of carbonyl (C=O) groups is 1. The fraction of sp³-hybridized carbons (Fsp3) is 0.632. The molecule has 1 aliphatic rings. The monoisotopic (exact) mass is 334 g/mol. The Morgan fingerprint density at radius 3 is 2.71 bits per heavy atom. The topological polar surface area (TPSA) is 50.8 Å². The second-order valence-corrected chi connectivity index (χ2v) is 6.47. The van der Waals surface area contributed by atoms with Gasteiger partial charge in [-0.15, -0.1) is 0 Å². The van der Waals surface area contributed by atoms with E-state index in [9.17, 15) is 4.79 Å². The van der Waals surface area contributed by atoms with Crippen LogP contribution in [0.5, 0.6) is 11.5 Å². The van der Waals surface area contributed by atoms with Crippen LogP contribution >= 0.6 is 0 Å². The van der Waals surface area contributed by atoms with Gasteiger partial charge in [-0.3, -0.25) is 9.69 Å². The molecule has 1 aromatic rings. The molecule has 1 aromatic carbocycles. The van der Waals surface area contributed by atoms with Gasteiger partial charge >= 0.3 is 0 Å². The van der Waals surface area contributed by atoms with Crippen molar-refractivity contribution >= 4 is 5.91 Å². The summed E-state index contributed by atoms with van der Waals surface area (Å²) in [5.41, 5.74) is 1.20. The normalized spacial score (nSPS) is 20.8. The summed E-state index contributed by atoms with van der Waals surface area (Å²) in [4.78, 5) is 13.8. The van der Waals surface area contributed by atoms with E-state index in [-0.39, 0.29) is 11.9 Å². The van der Waals surface area contributed by atoms with Crippen LogP contribution in [-0.4, -0.2) is 43.7 Å². The van der Waals surface area contributed by atoms with Gasteiger partial charge < -0.3 is 14.8 Å². The molecule has 1 N–H and O–H groups in total. The predicted octanol–water partition coefficient (Wildman–Crippen LogP) is 2.83. The van der Waals surface area contributed by atoms with E-state index in [0.29, 0.717) is 12.5 Å². The van der Waals surface area contributed by atoms with E-state index in [1.807, 2.05) is 19.1 Å². The number of hydrogen-bond donors (Lipinski definition) is 1. The third kappa shape index (κ3) is 4.87. The fourth-order valence-electron chi connectivity index (χ4n) is 3.52. The number of likely N-dealkylation sites (tertiary alicyclic amines) is 1. The highest BCUT2D eigenvalue weighted by molar-refractivity contribution is 5.73. The second kappa shape index (κ2) is 8.92. The van der Waals surface area contributed by atoms with E-state index < -0.39 is 0 Å². The summed E-state index contributed by atoms with van der Waals surface area (Å²) < 4.78 is 11.0. The molecule has 5 nitrogen and oxygen atoms in total. The minimum Gasteiger partial charge on any atom is -0.493 e. The molecule has 0 spiro atoms. The van der Waals surface area contributed by atoms with Gasteiger partial charge in [-0.2, -0.15) is 0 Å². The number of rotatable bonds is 8. The van der Waals surface area contributed by atoms with Gasteiger partial charge in [0.25, 0.3) is 0 Å². The lowest BCUT2D eigenvalue weighted by atomic mass is 9.98.